The van der Waals surface area contributed by atoms with Crippen LogP contribution in [0.15, 0.2) is 47.4 Å². The van der Waals surface area contributed by atoms with Gasteiger partial charge in [0.1, 0.15) is 5.82 Å². The summed E-state index contributed by atoms with van der Waals surface area (Å²) in [7, 11) is 0. The van der Waals surface area contributed by atoms with E-state index < -0.39 is 6.04 Å². The fourth-order valence-corrected chi connectivity index (χ4v) is 2.02. The summed E-state index contributed by atoms with van der Waals surface area (Å²) in [4.78, 5) is 12.3. The molecule has 0 radical (unpaired) electrons. The Labute approximate surface area is 111 Å². The third kappa shape index (κ3) is 2.74. The van der Waals surface area contributed by atoms with Crippen LogP contribution in [0.5, 0.6) is 0 Å². The first kappa shape index (κ1) is 13.5. The molecule has 1 unspecified atom stereocenters. The molecule has 1 heterocycles. The summed E-state index contributed by atoms with van der Waals surface area (Å²) in [6.45, 7) is 3.88. The predicted molar refractivity (Wildman–Crippen MR) is 73.5 cm³/mol. The molecule has 0 aliphatic heterocycles. The van der Waals surface area contributed by atoms with E-state index in [0.29, 0.717) is 5.56 Å². The molecule has 0 aliphatic rings. The van der Waals surface area contributed by atoms with Gasteiger partial charge < -0.3 is 10.3 Å². The highest BCUT2D eigenvalue weighted by Crippen LogP contribution is 2.17. The van der Waals surface area contributed by atoms with E-state index in [-0.39, 0.29) is 17.4 Å². The van der Waals surface area contributed by atoms with Crippen molar-refractivity contribution in [2.75, 3.05) is 0 Å². The van der Waals surface area contributed by atoms with Crippen LogP contribution in [0.1, 0.15) is 37.1 Å². The van der Waals surface area contributed by atoms with Crippen LogP contribution in [0.3, 0.4) is 0 Å². The molecule has 100 valence electrons. The lowest BCUT2D eigenvalue weighted by Crippen LogP contribution is -2.29. The van der Waals surface area contributed by atoms with Gasteiger partial charge >= 0.3 is 0 Å². The minimum absolute atomic E-state index is 0.0767. The van der Waals surface area contributed by atoms with Crippen molar-refractivity contribution in [3.8, 4) is 0 Å². The van der Waals surface area contributed by atoms with E-state index >= 15 is 0 Å². The number of hydrogen-bond donors (Lipinski definition) is 1. The van der Waals surface area contributed by atoms with E-state index in [9.17, 15) is 9.18 Å². The van der Waals surface area contributed by atoms with E-state index in [1.54, 1.807) is 35.0 Å². The van der Waals surface area contributed by atoms with E-state index in [1.807, 2.05) is 13.8 Å². The second-order valence-corrected chi connectivity index (χ2v) is 4.80. The van der Waals surface area contributed by atoms with Crippen molar-refractivity contribution >= 4 is 0 Å². The number of benzene rings is 1. The molecule has 0 saturated heterocycles. The summed E-state index contributed by atoms with van der Waals surface area (Å²) in [5, 5.41) is 0. The smallest absolute Gasteiger partial charge is 0.255 e. The van der Waals surface area contributed by atoms with Crippen LogP contribution in [0.25, 0.3) is 0 Å². The van der Waals surface area contributed by atoms with Gasteiger partial charge in [-0.3, -0.25) is 4.79 Å². The monoisotopic (exact) mass is 260 g/mol. The van der Waals surface area contributed by atoms with Crippen molar-refractivity contribution in [2.24, 2.45) is 5.73 Å². The van der Waals surface area contributed by atoms with Crippen LogP contribution in [-0.4, -0.2) is 4.57 Å². The number of nitrogens with zero attached hydrogens (tertiary/aromatic N) is 1. The molecule has 0 aliphatic carbocycles. The quantitative estimate of drug-likeness (QED) is 0.922. The normalized spacial score (nSPS) is 12.7. The van der Waals surface area contributed by atoms with E-state index in [4.69, 9.17) is 5.73 Å². The molecule has 2 aromatic rings. The lowest BCUT2D eigenvalue weighted by molar-refractivity contribution is 0.570. The van der Waals surface area contributed by atoms with Gasteiger partial charge in [0.25, 0.3) is 5.56 Å². The minimum Gasteiger partial charge on any atom is -0.320 e. The van der Waals surface area contributed by atoms with Crippen molar-refractivity contribution in [1.82, 2.24) is 4.57 Å². The molecular weight excluding hydrogens is 243 g/mol. The fourth-order valence-electron chi connectivity index (χ4n) is 2.02. The lowest BCUT2D eigenvalue weighted by atomic mass is 10.0. The zero-order chi connectivity index (χ0) is 14.0. The summed E-state index contributed by atoms with van der Waals surface area (Å²) in [5.74, 6) is -0.316. The maximum absolute atomic E-state index is 12.9. The topological polar surface area (TPSA) is 48.0 Å². The number of hydrogen-bond acceptors (Lipinski definition) is 2. The molecule has 3 nitrogen and oxygen atoms in total. The molecule has 0 amide bonds. The Bertz CT molecular complexity index is 617. The fraction of sp³-hybridized carbons (Fsp3) is 0.267. The van der Waals surface area contributed by atoms with Gasteiger partial charge in [0.05, 0.1) is 6.04 Å². The van der Waals surface area contributed by atoms with E-state index in [2.05, 4.69) is 0 Å². The highest BCUT2D eigenvalue weighted by atomic mass is 19.1. The average Bonchev–Trinajstić information content (AvgIpc) is 2.38. The third-order valence-corrected chi connectivity index (χ3v) is 3.12. The maximum Gasteiger partial charge on any atom is 0.255 e. The third-order valence-electron chi connectivity index (χ3n) is 3.12. The first-order valence-corrected chi connectivity index (χ1v) is 6.23. The summed E-state index contributed by atoms with van der Waals surface area (Å²) < 4.78 is 14.5. The summed E-state index contributed by atoms with van der Waals surface area (Å²) in [5.41, 5.74) is 7.24. The Morgan fingerprint density at radius 1 is 1.16 bits per heavy atom. The predicted octanol–water partition coefficient (Wildman–Crippen LogP) is 2.62. The van der Waals surface area contributed by atoms with Crippen molar-refractivity contribution < 1.29 is 4.39 Å². The van der Waals surface area contributed by atoms with Gasteiger partial charge in [0.2, 0.25) is 0 Å². The number of pyridine rings is 1. The molecule has 0 fully saturated rings. The van der Waals surface area contributed by atoms with E-state index in [0.717, 1.165) is 5.56 Å². The SMILES string of the molecule is CC(C)n1cccc(C(N)c2ccc(F)cc2)c1=O. The summed E-state index contributed by atoms with van der Waals surface area (Å²) >= 11 is 0. The molecule has 2 rings (SSSR count). The van der Waals surface area contributed by atoms with Crippen molar-refractivity contribution in [3.63, 3.8) is 0 Å². The first-order chi connectivity index (χ1) is 9.00. The Morgan fingerprint density at radius 3 is 2.37 bits per heavy atom. The van der Waals surface area contributed by atoms with Gasteiger partial charge in [-0.1, -0.05) is 18.2 Å². The maximum atomic E-state index is 12.9. The first-order valence-electron chi connectivity index (χ1n) is 6.23. The van der Waals surface area contributed by atoms with Crippen molar-refractivity contribution in [3.05, 3.63) is 69.9 Å². The van der Waals surface area contributed by atoms with Crippen LogP contribution in [0, 0.1) is 5.82 Å². The van der Waals surface area contributed by atoms with Gasteiger partial charge in [0.15, 0.2) is 0 Å². The van der Waals surface area contributed by atoms with Crippen LogP contribution < -0.4 is 11.3 Å². The van der Waals surface area contributed by atoms with Crippen LogP contribution in [0.4, 0.5) is 4.39 Å². The molecule has 1 aromatic heterocycles. The van der Waals surface area contributed by atoms with Crippen molar-refractivity contribution in [2.45, 2.75) is 25.9 Å². The Kier molecular flexibility index (Phi) is 3.81. The molecule has 0 spiro atoms. The number of halogens is 1. The van der Waals surface area contributed by atoms with Gasteiger partial charge in [-0.25, -0.2) is 4.39 Å². The zero-order valence-electron chi connectivity index (χ0n) is 11.0. The number of nitrogens with two attached hydrogens (primary N) is 1. The van der Waals surface area contributed by atoms with Crippen LogP contribution in [0.2, 0.25) is 0 Å². The van der Waals surface area contributed by atoms with Gasteiger partial charge in [-0.05, 0) is 37.6 Å². The van der Waals surface area contributed by atoms with Crippen molar-refractivity contribution in [1.29, 1.82) is 0 Å². The molecule has 1 atom stereocenters. The molecule has 0 saturated carbocycles. The Morgan fingerprint density at radius 2 is 1.79 bits per heavy atom. The van der Waals surface area contributed by atoms with Gasteiger partial charge in [-0.15, -0.1) is 0 Å². The number of aromatic nitrogens is 1. The second kappa shape index (κ2) is 5.36. The van der Waals surface area contributed by atoms with Gasteiger partial charge in [0, 0.05) is 17.8 Å². The van der Waals surface area contributed by atoms with E-state index in [1.165, 1.54) is 12.1 Å². The Hall–Kier alpha value is -1.94. The number of rotatable bonds is 3. The molecule has 4 heteroatoms. The summed E-state index contributed by atoms with van der Waals surface area (Å²) in [6.07, 6.45) is 1.74. The Balaban J connectivity index is 2.44. The standard InChI is InChI=1S/C15H17FN2O/c1-10(2)18-9-3-4-13(15(18)19)14(17)11-5-7-12(16)8-6-11/h3-10,14H,17H2,1-2H3. The van der Waals surface area contributed by atoms with Gasteiger partial charge in [-0.2, -0.15) is 0 Å². The highest BCUT2D eigenvalue weighted by Gasteiger charge is 2.14. The average molecular weight is 260 g/mol. The zero-order valence-corrected chi connectivity index (χ0v) is 11.0. The highest BCUT2D eigenvalue weighted by molar-refractivity contribution is 5.30. The van der Waals surface area contributed by atoms with Crippen LogP contribution in [-0.2, 0) is 0 Å². The lowest BCUT2D eigenvalue weighted by Gasteiger charge is -2.16. The molecule has 1 aromatic carbocycles. The molecular formula is C15H17FN2O. The molecule has 0 bridgehead atoms. The molecule has 2 N–H and O–H groups in total. The molecule has 19 heavy (non-hydrogen) atoms. The largest absolute Gasteiger partial charge is 0.320 e. The second-order valence-electron chi connectivity index (χ2n) is 4.80. The summed E-state index contributed by atoms with van der Waals surface area (Å²) in [6, 6.07) is 8.96. The van der Waals surface area contributed by atoms with Crippen LogP contribution >= 0.6 is 0 Å². The minimum atomic E-state index is -0.542.